The molecule has 0 spiro atoms. The van der Waals surface area contributed by atoms with E-state index in [1.807, 2.05) is 0 Å². The Bertz CT molecular complexity index is 1040. The zero-order valence-corrected chi connectivity index (χ0v) is 17.5. The van der Waals surface area contributed by atoms with E-state index < -0.39 is 0 Å². The fraction of sp³-hybridized carbons (Fsp3) is 0.545. The number of carbonyl (C=O) groups excluding carboxylic acids is 1. The van der Waals surface area contributed by atoms with Crippen LogP contribution in [0, 0.1) is 0 Å². The minimum absolute atomic E-state index is 0.0302. The monoisotopic (exact) mass is 411 g/mol. The summed E-state index contributed by atoms with van der Waals surface area (Å²) in [6, 6.07) is 5.19. The molecule has 1 atom stereocenters. The number of nitrogens with one attached hydrogen (secondary N) is 1. The third kappa shape index (κ3) is 4.38. The first kappa shape index (κ1) is 20.5. The topological polar surface area (TPSA) is 89.2 Å². The van der Waals surface area contributed by atoms with Gasteiger partial charge in [-0.1, -0.05) is 6.42 Å². The van der Waals surface area contributed by atoms with Gasteiger partial charge in [0.2, 0.25) is 0 Å². The van der Waals surface area contributed by atoms with Crippen LogP contribution >= 0.6 is 0 Å². The van der Waals surface area contributed by atoms with Gasteiger partial charge in [-0.25, -0.2) is 4.68 Å². The van der Waals surface area contributed by atoms with Crippen molar-refractivity contribution in [3.8, 4) is 0 Å². The van der Waals surface area contributed by atoms with Crippen LogP contribution in [0.1, 0.15) is 47.3 Å². The fourth-order valence-electron chi connectivity index (χ4n) is 4.48. The van der Waals surface area contributed by atoms with Crippen molar-refractivity contribution in [2.75, 3.05) is 19.6 Å². The molecule has 1 fully saturated rings. The molecule has 1 aliphatic heterocycles. The Morgan fingerprint density at radius 3 is 2.93 bits per heavy atom. The molecule has 2 aliphatic rings. The lowest BCUT2D eigenvalue weighted by atomic mass is 10.0. The van der Waals surface area contributed by atoms with Gasteiger partial charge < -0.3 is 9.88 Å². The molecule has 160 valence electrons. The number of piperidine rings is 1. The molecule has 3 heterocycles. The third-order valence-corrected chi connectivity index (χ3v) is 6.24. The van der Waals surface area contributed by atoms with Crippen LogP contribution in [-0.2, 0) is 26.4 Å². The number of rotatable bonds is 6. The largest absolute Gasteiger partial charge is 0.350 e. The van der Waals surface area contributed by atoms with Gasteiger partial charge >= 0.3 is 0 Å². The molecule has 0 radical (unpaired) electrons. The number of pyridine rings is 1. The van der Waals surface area contributed by atoms with Crippen LogP contribution in [0.25, 0.3) is 0 Å². The predicted octanol–water partition coefficient (Wildman–Crippen LogP) is 0.715. The van der Waals surface area contributed by atoms with E-state index in [1.54, 1.807) is 36.1 Å². The van der Waals surface area contributed by atoms with Crippen molar-refractivity contribution in [2.24, 2.45) is 7.05 Å². The van der Waals surface area contributed by atoms with Gasteiger partial charge in [0.05, 0.1) is 12.2 Å². The summed E-state index contributed by atoms with van der Waals surface area (Å²) in [5, 5.41) is 7.50. The summed E-state index contributed by atoms with van der Waals surface area (Å²) in [6.45, 7) is 2.70. The molecular weight excluding hydrogens is 382 g/mol. The number of likely N-dealkylation sites (tertiary alicyclic amines) is 1. The van der Waals surface area contributed by atoms with Gasteiger partial charge in [0.15, 0.2) is 0 Å². The average Bonchev–Trinajstić information content (AvgIpc) is 3.20. The molecule has 1 aliphatic carbocycles. The summed E-state index contributed by atoms with van der Waals surface area (Å²) in [4.78, 5) is 39.3. The fourth-order valence-corrected chi connectivity index (χ4v) is 4.48. The van der Waals surface area contributed by atoms with Crippen LogP contribution in [0.5, 0.6) is 0 Å². The summed E-state index contributed by atoms with van der Waals surface area (Å²) in [5.41, 5.74) is 2.00. The zero-order chi connectivity index (χ0) is 21.1. The maximum absolute atomic E-state index is 12.5. The molecule has 30 heavy (non-hydrogen) atoms. The lowest BCUT2D eigenvalue weighted by molar-refractivity contribution is 0.0907. The van der Waals surface area contributed by atoms with Crippen molar-refractivity contribution in [1.29, 1.82) is 0 Å². The number of nitrogens with zero attached hydrogens (tertiary/aromatic N) is 4. The van der Waals surface area contributed by atoms with Crippen LogP contribution in [0.3, 0.4) is 0 Å². The summed E-state index contributed by atoms with van der Waals surface area (Å²) >= 11 is 0. The summed E-state index contributed by atoms with van der Waals surface area (Å²) in [7, 11) is 1.64. The van der Waals surface area contributed by atoms with Crippen molar-refractivity contribution in [2.45, 2.75) is 51.1 Å². The van der Waals surface area contributed by atoms with Gasteiger partial charge in [0.1, 0.15) is 5.56 Å². The second-order valence-corrected chi connectivity index (χ2v) is 8.26. The molecule has 1 amide bonds. The summed E-state index contributed by atoms with van der Waals surface area (Å²) in [5.74, 6) is -0.335. The Hall–Kier alpha value is -2.74. The quantitative estimate of drug-likeness (QED) is 0.757. The summed E-state index contributed by atoms with van der Waals surface area (Å²) < 4.78 is 2.99. The first-order chi connectivity index (χ1) is 14.5. The number of hydrogen-bond acceptors (Lipinski definition) is 5. The second-order valence-electron chi connectivity index (χ2n) is 8.26. The van der Waals surface area contributed by atoms with E-state index in [0.717, 1.165) is 62.9 Å². The van der Waals surface area contributed by atoms with Gasteiger partial charge in [-0.3, -0.25) is 19.3 Å². The Morgan fingerprint density at radius 1 is 1.20 bits per heavy atom. The highest BCUT2D eigenvalue weighted by atomic mass is 16.2. The molecular formula is C22H29N5O3. The van der Waals surface area contributed by atoms with Crippen molar-refractivity contribution in [3.63, 3.8) is 0 Å². The minimum Gasteiger partial charge on any atom is -0.350 e. The second kappa shape index (κ2) is 8.95. The van der Waals surface area contributed by atoms with Crippen LogP contribution in [0.15, 0.2) is 34.0 Å². The van der Waals surface area contributed by atoms with Crippen LogP contribution < -0.4 is 16.4 Å². The number of fused-ring (bicyclic) bond motifs is 1. The Balaban J connectivity index is 1.37. The lowest BCUT2D eigenvalue weighted by Crippen LogP contribution is -2.48. The predicted molar refractivity (Wildman–Crippen MR) is 114 cm³/mol. The van der Waals surface area contributed by atoms with E-state index in [0.29, 0.717) is 13.1 Å². The summed E-state index contributed by atoms with van der Waals surface area (Å²) in [6.07, 6.45) is 7.82. The van der Waals surface area contributed by atoms with Gasteiger partial charge in [-0.2, -0.15) is 5.10 Å². The molecule has 1 unspecified atom stereocenters. The van der Waals surface area contributed by atoms with Gasteiger partial charge in [0.25, 0.3) is 17.0 Å². The van der Waals surface area contributed by atoms with Crippen LogP contribution in [0.2, 0.25) is 0 Å². The maximum Gasteiger partial charge on any atom is 0.267 e. The van der Waals surface area contributed by atoms with E-state index in [4.69, 9.17) is 0 Å². The van der Waals surface area contributed by atoms with E-state index in [9.17, 15) is 14.4 Å². The van der Waals surface area contributed by atoms with Crippen molar-refractivity contribution < 1.29 is 4.79 Å². The molecule has 1 N–H and O–H groups in total. The highest BCUT2D eigenvalue weighted by Gasteiger charge is 2.24. The van der Waals surface area contributed by atoms with Gasteiger partial charge in [-0.15, -0.1) is 0 Å². The van der Waals surface area contributed by atoms with E-state index >= 15 is 0 Å². The number of hydrogen-bond donors (Lipinski definition) is 1. The zero-order valence-electron chi connectivity index (χ0n) is 17.5. The molecule has 8 heteroatoms. The Labute approximate surface area is 175 Å². The van der Waals surface area contributed by atoms with Crippen LogP contribution in [-0.4, -0.2) is 50.8 Å². The van der Waals surface area contributed by atoms with E-state index in [2.05, 4.69) is 15.3 Å². The smallest absolute Gasteiger partial charge is 0.267 e. The first-order valence-electron chi connectivity index (χ1n) is 10.8. The molecule has 1 saturated heterocycles. The van der Waals surface area contributed by atoms with Gasteiger partial charge in [0, 0.05) is 38.4 Å². The molecule has 2 aromatic heterocycles. The number of aryl methyl sites for hydroxylation is 3. The number of aromatic nitrogens is 3. The normalized spacial score (nSPS) is 18.9. The standard InChI is InChI=1S/C22H29N5O3/c1-25-10-5-8-18(22(25)30)21(29)23-15-17-7-2-3-11-26(17)12-13-27-20(28)14-16-6-4-9-19(16)24-27/h5,8,10,14,17H,2-4,6-7,9,11-13,15H2,1H3,(H,23,29). The Kier molecular flexibility index (Phi) is 6.13. The van der Waals surface area contributed by atoms with Crippen molar-refractivity contribution >= 4 is 5.91 Å². The SMILES string of the molecule is Cn1cccc(C(=O)NCC2CCCCN2CCn2nc3c(cc2=O)CCC3)c1=O. The molecule has 8 nitrogen and oxygen atoms in total. The molecule has 2 aromatic rings. The third-order valence-electron chi connectivity index (χ3n) is 6.24. The maximum atomic E-state index is 12.5. The molecule has 0 aromatic carbocycles. The number of carbonyl (C=O) groups is 1. The molecule has 0 bridgehead atoms. The molecule has 4 rings (SSSR count). The van der Waals surface area contributed by atoms with E-state index in [1.165, 1.54) is 4.57 Å². The Morgan fingerprint density at radius 2 is 2.07 bits per heavy atom. The minimum atomic E-state index is -0.335. The highest BCUT2D eigenvalue weighted by Crippen LogP contribution is 2.18. The number of amides is 1. The van der Waals surface area contributed by atoms with Crippen LogP contribution in [0.4, 0.5) is 0 Å². The van der Waals surface area contributed by atoms with Crippen molar-refractivity contribution in [3.05, 3.63) is 61.9 Å². The van der Waals surface area contributed by atoms with Gasteiger partial charge in [-0.05, 0) is 56.3 Å². The van der Waals surface area contributed by atoms with E-state index in [-0.39, 0.29) is 28.6 Å². The average molecular weight is 412 g/mol. The lowest BCUT2D eigenvalue weighted by Gasteiger charge is -2.35. The first-order valence-corrected chi connectivity index (χ1v) is 10.8. The van der Waals surface area contributed by atoms with Crippen molar-refractivity contribution in [1.82, 2.24) is 24.6 Å². The molecule has 0 saturated carbocycles. The highest BCUT2D eigenvalue weighted by molar-refractivity contribution is 5.93.